The highest BCUT2D eigenvalue weighted by molar-refractivity contribution is 5.58. The predicted molar refractivity (Wildman–Crippen MR) is 74.2 cm³/mol. The summed E-state index contributed by atoms with van der Waals surface area (Å²) in [6.45, 7) is 6.34. The summed E-state index contributed by atoms with van der Waals surface area (Å²) in [4.78, 5) is 2.52. The van der Waals surface area contributed by atoms with Crippen molar-refractivity contribution in [2.75, 3.05) is 44.7 Å². The van der Waals surface area contributed by atoms with E-state index in [0.29, 0.717) is 0 Å². The van der Waals surface area contributed by atoms with Gasteiger partial charge in [0.05, 0.1) is 13.2 Å². The fourth-order valence-electron chi connectivity index (χ4n) is 2.97. The second-order valence-electron chi connectivity index (χ2n) is 5.18. The van der Waals surface area contributed by atoms with Crippen LogP contribution in [0.4, 0.5) is 5.69 Å². The van der Waals surface area contributed by atoms with E-state index >= 15 is 0 Å². The van der Waals surface area contributed by atoms with Crippen LogP contribution in [0.2, 0.25) is 0 Å². The third-order valence-corrected chi connectivity index (χ3v) is 3.99. The third kappa shape index (κ3) is 2.68. The molecule has 2 aliphatic heterocycles. The van der Waals surface area contributed by atoms with Crippen molar-refractivity contribution in [2.45, 2.75) is 19.3 Å². The summed E-state index contributed by atoms with van der Waals surface area (Å²) in [6.07, 6.45) is 3.67. The Hall–Kier alpha value is -1.06. The number of rotatable bonds is 4. The maximum Gasteiger partial charge on any atom is 0.0594 e. The Morgan fingerprint density at radius 2 is 2.11 bits per heavy atom. The first-order chi connectivity index (χ1) is 8.93. The molecule has 2 heterocycles. The number of fused-ring (bicyclic) bond motifs is 1. The molecule has 1 saturated heterocycles. The Kier molecular flexibility index (Phi) is 3.81. The van der Waals surface area contributed by atoms with Gasteiger partial charge in [-0.3, -0.25) is 4.90 Å². The average Bonchev–Trinajstić information content (AvgIpc) is 2.89. The third-order valence-electron chi connectivity index (χ3n) is 3.99. The van der Waals surface area contributed by atoms with E-state index < -0.39 is 0 Å². The summed E-state index contributed by atoms with van der Waals surface area (Å²) in [5, 5.41) is 3.45. The molecule has 0 saturated carbocycles. The highest BCUT2D eigenvalue weighted by Gasteiger charge is 2.14. The van der Waals surface area contributed by atoms with E-state index in [-0.39, 0.29) is 0 Å². The molecule has 0 spiro atoms. The van der Waals surface area contributed by atoms with E-state index in [2.05, 4.69) is 28.4 Å². The van der Waals surface area contributed by atoms with Crippen LogP contribution in [0.3, 0.4) is 0 Å². The van der Waals surface area contributed by atoms with Gasteiger partial charge in [-0.25, -0.2) is 0 Å². The van der Waals surface area contributed by atoms with Gasteiger partial charge in [0.15, 0.2) is 0 Å². The summed E-state index contributed by atoms with van der Waals surface area (Å²) >= 11 is 0. The second kappa shape index (κ2) is 5.72. The number of ether oxygens (including phenoxy) is 1. The Bertz CT molecular complexity index is 399. The molecule has 98 valence electrons. The molecule has 1 fully saturated rings. The first kappa shape index (κ1) is 12.0. The lowest BCUT2D eigenvalue weighted by Gasteiger charge is -2.26. The normalized spacial score (nSPS) is 19.6. The molecule has 0 aliphatic carbocycles. The Balaban J connectivity index is 1.52. The van der Waals surface area contributed by atoms with Gasteiger partial charge in [-0.2, -0.15) is 0 Å². The lowest BCUT2D eigenvalue weighted by molar-refractivity contribution is 0.0374. The smallest absolute Gasteiger partial charge is 0.0594 e. The van der Waals surface area contributed by atoms with Gasteiger partial charge in [-0.1, -0.05) is 12.1 Å². The fourth-order valence-corrected chi connectivity index (χ4v) is 2.97. The Labute approximate surface area is 109 Å². The maximum atomic E-state index is 5.37. The van der Waals surface area contributed by atoms with Crippen molar-refractivity contribution in [3.05, 3.63) is 29.3 Å². The number of morpholine rings is 1. The minimum absolute atomic E-state index is 0.907. The number of hydrogen-bond donors (Lipinski definition) is 1. The fraction of sp³-hybridized carbons (Fsp3) is 0.600. The molecule has 3 nitrogen and oxygen atoms in total. The number of hydrogen-bond acceptors (Lipinski definition) is 3. The van der Waals surface area contributed by atoms with Crippen molar-refractivity contribution in [2.24, 2.45) is 0 Å². The van der Waals surface area contributed by atoms with Crippen LogP contribution < -0.4 is 5.32 Å². The quantitative estimate of drug-likeness (QED) is 0.878. The summed E-state index contributed by atoms with van der Waals surface area (Å²) in [7, 11) is 0. The molecule has 18 heavy (non-hydrogen) atoms. The largest absolute Gasteiger partial charge is 0.384 e. The zero-order valence-corrected chi connectivity index (χ0v) is 11.0. The van der Waals surface area contributed by atoms with Crippen molar-refractivity contribution in [3.63, 3.8) is 0 Å². The van der Waals surface area contributed by atoms with Gasteiger partial charge in [-0.15, -0.1) is 0 Å². The summed E-state index contributed by atoms with van der Waals surface area (Å²) in [5.41, 5.74) is 4.46. The molecule has 0 aromatic heterocycles. The van der Waals surface area contributed by atoms with Crippen LogP contribution in [-0.2, 0) is 17.6 Å². The minimum Gasteiger partial charge on any atom is -0.384 e. The van der Waals surface area contributed by atoms with Gasteiger partial charge in [0.2, 0.25) is 0 Å². The van der Waals surface area contributed by atoms with Crippen LogP contribution in [0, 0.1) is 0 Å². The van der Waals surface area contributed by atoms with E-state index in [9.17, 15) is 0 Å². The average molecular weight is 246 g/mol. The molecule has 1 aromatic rings. The topological polar surface area (TPSA) is 24.5 Å². The molecule has 0 amide bonds. The summed E-state index contributed by atoms with van der Waals surface area (Å²) < 4.78 is 5.37. The molecular weight excluding hydrogens is 224 g/mol. The van der Waals surface area contributed by atoms with E-state index in [0.717, 1.165) is 32.8 Å². The van der Waals surface area contributed by atoms with Crippen molar-refractivity contribution in [1.82, 2.24) is 4.90 Å². The van der Waals surface area contributed by atoms with E-state index in [1.807, 2.05) is 0 Å². The van der Waals surface area contributed by atoms with Crippen LogP contribution in [0.25, 0.3) is 0 Å². The number of nitrogens with one attached hydrogen (secondary N) is 1. The van der Waals surface area contributed by atoms with E-state index in [1.54, 1.807) is 11.1 Å². The van der Waals surface area contributed by atoms with Crippen LogP contribution in [0.15, 0.2) is 18.2 Å². The molecule has 1 N–H and O–H groups in total. The Morgan fingerprint density at radius 3 is 3.00 bits per heavy atom. The molecule has 0 unspecified atom stereocenters. The number of benzene rings is 1. The number of aryl methyl sites for hydroxylation is 1. The van der Waals surface area contributed by atoms with Crippen molar-refractivity contribution in [1.29, 1.82) is 0 Å². The highest BCUT2D eigenvalue weighted by Crippen LogP contribution is 2.26. The first-order valence-electron chi connectivity index (χ1n) is 7.08. The first-order valence-corrected chi connectivity index (χ1v) is 7.08. The molecule has 2 aliphatic rings. The standard InChI is InChI=1S/C15H22N2O/c1-3-13(14-6-7-16-15(14)5-1)4-2-8-17-9-11-18-12-10-17/h1,3,5,16H,2,4,6-12H2. The second-order valence-corrected chi connectivity index (χ2v) is 5.18. The lowest BCUT2D eigenvalue weighted by atomic mass is 10.0. The SMILES string of the molecule is c1cc(CCCN2CCOCC2)c2c(c1)NCC2. The minimum atomic E-state index is 0.907. The molecule has 0 bridgehead atoms. The van der Waals surface area contributed by atoms with E-state index in [4.69, 9.17) is 4.74 Å². The van der Waals surface area contributed by atoms with Gasteiger partial charge in [0, 0.05) is 25.3 Å². The molecular formula is C15H22N2O. The van der Waals surface area contributed by atoms with Crippen molar-refractivity contribution in [3.8, 4) is 0 Å². The molecule has 3 rings (SSSR count). The van der Waals surface area contributed by atoms with Crippen LogP contribution in [-0.4, -0.2) is 44.3 Å². The zero-order chi connectivity index (χ0) is 12.2. The van der Waals surface area contributed by atoms with Crippen molar-refractivity contribution < 1.29 is 4.74 Å². The maximum absolute atomic E-state index is 5.37. The van der Waals surface area contributed by atoms with Crippen LogP contribution in [0.5, 0.6) is 0 Å². The van der Waals surface area contributed by atoms with Gasteiger partial charge in [-0.05, 0) is 43.0 Å². The van der Waals surface area contributed by atoms with Gasteiger partial charge >= 0.3 is 0 Å². The molecule has 0 radical (unpaired) electrons. The number of nitrogens with zero attached hydrogens (tertiary/aromatic N) is 1. The van der Waals surface area contributed by atoms with E-state index in [1.165, 1.54) is 31.5 Å². The van der Waals surface area contributed by atoms with Gasteiger partial charge < -0.3 is 10.1 Å². The molecule has 3 heteroatoms. The molecule has 1 aromatic carbocycles. The number of anilines is 1. The van der Waals surface area contributed by atoms with Gasteiger partial charge in [0.1, 0.15) is 0 Å². The monoisotopic (exact) mass is 246 g/mol. The van der Waals surface area contributed by atoms with Crippen LogP contribution >= 0.6 is 0 Å². The predicted octanol–water partition coefficient (Wildman–Crippen LogP) is 1.92. The summed E-state index contributed by atoms with van der Waals surface area (Å²) in [5.74, 6) is 0. The Morgan fingerprint density at radius 1 is 1.22 bits per heavy atom. The van der Waals surface area contributed by atoms with Crippen LogP contribution in [0.1, 0.15) is 17.5 Å². The summed E-state index contributed by atoms with van der Waals surface area (Å²) in [6, 6.07) is 6.68. The lowest BCUT2D eigenvalue weighted by Crippen LogP contribution is -2.36. The van der Waals surface area contributed by atoms with Gasteiger partial charge in [0.25, 0.3) is 0 Å². The zero-order valence-electron chi connectivity index (χ0n) is 11.0. The molecule has 0 atom stereocenters. The van der Waals surface area contributed by atoms with Crippen molar-refractivity contribution >= 4 is 5.69 Å². The highest BCUT2D eigenvalue weighted by atomic mass is 16.5.